The lowest BCUT2D eigenvalue weighted by molar-refractivity contribution is -0.386. The third-order valence-electron chi connectivity index (χ3n) is 2.01. The molecule has 8 heteroatoms. The molecule has 0 saturated carbocycles. The van der Waals surface area contributed by atoms with Crippen molar-refractivity contribution in [3.05, 3.63) is 33.9 Å². The number of hydrogen-bond acceptors (Lipinski definition) is 5. The molecule has 18 heavy (non-hydrogen) atoms. The Labute approximate surface area is 100 Å². The van der Waals surface area contributed by atoms with Gasteiger partial charge in [0.15, 0.2) is 11.9 Å². The zero-order valence-corrected chi connectivity index (χ0v) is 9.48. The molecule has 0 unspecified atom stereocenters. The minimum atomic E-state index is -1.27. The predicted octanol–water partition coefficient (Wildman–Crippen LogP) is 1.81. The number of esters is 1. The van der Waals surface area contributed by atoms with Crippen LogP contribution in [0.5, 0.6) is 5.75 Å². The number of methoxy groups -OCH3 is 1. The van der Waals surface area contributed by atoms with Gasteiger partial charge >= 0.3 is 11.7 Å². The van der Waals surface area contributed by atoms with Gasteiger partial charge in [-0.1, -0.05) is 0 Å². The van der Waals surface area contributed by atoms with Crippen molar-refractivity contribution in [1.29, 1.82) is 0 Å². The molecule has 0 heterocycles. The lowest BCUT2D eigenvalue weighted by Gasteiger charge is -2.12. The van der Waals surface area contributed by atoms with Gasteiger partial charge in [0.2, 0.25) is 5.75 Å². The second-order valence-electron chi connectivity index (χ2n) is 3.28. The molecule has 0 aromatic heterocycles. The summed E-state index contributed by atoms with van der Waals surface area (Å²) in [6.07, 6.45) is -1.26. The first-order valence-corrected chi connectivity index (χ1v) is 4.74. The van der Waals surface area contributed by atoms with Crippen molar-refractivity contribution in [2.75, 3.05) is 7.11 Å². The Morgan fingerprint density at radius 2 is 2.06 bits per heavy atom. The van der Waals surface area contributed by atoms with Crippen LogP contribution in [0, 0.1) is 21.7 Å². The second-order valence-corrected chi connectivity index (χ2v) is 3.28. The lowest BCUT2D eigenvalue weighted by atomic mass is 10.2. The molecular weight excluding hydrogens is 252 g/mol. The number of nitrogens with zero attached hydrogens (tertiary/aromatic N) is 1. The molecule has 0 aliphatic rings. The van der Waals surface area contributed by atoms with Gasteiger partial charge in [0.05, 0.1) is 18.1 Å². The Morgan fingerprint density at radius 3 is 2.56 bits per heavy atom. The molecule has 1 aromatic carbocycles. The van der Waals surface area contributed by atoms with Crippen molar-refractivity contribution in [3.63, 3.8) is 0 Å². The minimum Gasteiger partial charge on any atom is -0.470 e. The molecule has 0 saturated heterocycles. The van der Waals surface area contributed by atoms with Crippen LogP contribution in [0.25, 0.3) is 0 Å². The third-order valence-corrected chi connectivity index (χ3v) is 2.01. The van der Waals surface area contributed by atoms with E-state index in [9.17, 15) is 23.7 Å². The van der Waals surface area contributed by atoms with E-state index in [0.29, 0.717) is 12.1 Å². The van der Waals surface area contributed by atoms with Crippen LogP contribution < -0.4 is 4.74 Å². The number of ether oxygens (including phenoxy) is 2. The van der Waals surface area contributed by atoms with Crippen molar-refractivity contribution in [2.45, 2.75) is 13.0 Å². The topological polar surface area (TPSA) is 78.7 Å². The van der Waals surface area contributed by atoms with Gasteiger partial charge in [-0.3, -0.25) is 10.1 Å². The maximum absolute atomic E-state index is 13.4. The summed E-state index contributed by atoms with van der Waals surface area (Å²) in [5.41, 5.74) is -0.900. The van der Waals surface area contributed by atoms with E-state index in [-0.39, 0.29) is 0 Å². The van der Waals surface area contributed by atoms with Gasteiger partial charge in [0.25, 0.3) is 0 Å². The molecule has 98 valence electrons. The van der Waals surface area contributed by atoms with Crippen LogP contribution in [0.3, 0.4) is 0 Å². The highest BCUT2D eigenvalue weighted by Gasteiger charge is 2.26. The Bertz CT molecular complexity index is 491. The van der Waals surface area contributed by atoms with Crippen molar-refractivity contribution < 1.29 is 28.0 Å². The van der Waals surface area contributed by atoms with Crippen molar-refractivity contribution in [1.82, 2.24) is 0 Å². The van der Waals surface area contributed by atoms with Gasteiger partial charge in [0, 0.05) is 6.07 Å². The molecule has 1 atom stereocenters. The van der Waals surface area contributed by atoms with Crippen LogP contribution in [-0.2, 0) is 9.53 Å². The fourth-order valence-corrected chi connectivity index (χ4v) is 1.19. The van der Waals surface area contributed by atoms with E-state index in [2.05, 4.69) is 4.74 Å². The molecule has 0 N–H and O–H groups in total. The van der Waals surface area contributed by atoms with Gasteiger partial charge < -0.3 is 9.47 Å². The molecule has 0 bridgehead atoms. The highest BCUT2D eigenvalue weighted by atomic mass is 19.1. The zero-order valence-electron chi connectivity index (χ0n) is 9.48. The summed E-state index contributed by atoms with van der Waals surface area (Å²) in [5, 5.41) is 10.6. The molecule has 1 rings (SSSR count). The largest absolute Gasteiger partial charge is 0.470 e. The van der Waals surface area contributed by atoms with Crippen LogP contribution in [0.15, 0.2) is 12.1 Å². The summed E-state index contributed by atoms with van der Waals surface area (Å²) in [7, 11) is 1.08. The quantitative estimate of drug-likeness (QED) is 0.469. The number of nitro benzene ring substituents is 1. The van der Waals surface area contributed by atoms with Crippen molar-refractivity contribution >= 4 is 11.7 Å². The predicted molar refractivity (Wildman–Crippen MR) is 55.1 cm³/mol. The van der Waals surface area contributed by atoms with Gasteiger partial charge in [-0.05, 0) is 6.92 Å². The van der Waals surface area contributed by atoms with Crippen LogP contribution >= 0.6 is 0 Å². The summed E-state index contributed by atoms with van der Waals surface area (Å²) in [6, 6.07) is 0.925. The first-order chi connectivity index (χ1) is 8.36. The molecular formula is C10H9F2NO5. The van der Waals surface area contributed by atoms with Crippen LogP contribution in [0.1, 0.15) is 6.92 Å². The molecule has 0 fully saturated rings. The van der Waals surface area contributed by atoms with Crippen LogP contribution in [0.2, 0.25) is 0 Å². The molecule has 0 aliphatic carbocycles. The van der Waals surface area contributed by atoms with Gasteiger partial charge in [-0.2, -0.15) is 0 Å². The van der Waals surface area contributed by atoms with Crippen LogP contribution in [0.4, 0.5) is 14.5 Å². The first-order valence-electron chi connectivity index (χ1n) is 4.74. The zero-order chi connectivity index (χ0) is 13.9. The van der Waals surface area contributed by atoms with E-state index in [4.69, 9.17) is 4.74 Å². The van der Waals surface area contributed by atoms with Gasteiger partial charge in [-0.25, -0.2) is 13.6 Å². The Balaban J connectivity index is 3.15. The van der Waals surface area contributed by atoms with E-state index >= 15 is 0 Å². The highest BCUT2D eigenvalue weighted by Crippen LogP contribution is 2.31. The maximum Gasteiger partial charge on any atom is 0.346 e. The SMILES string of the molecule is COC(=O)[C@H](C)Oc1c(F)cc(F)cc1[N+](=O)[O-]. The number of carbonyl (C=O) groups is 1. The number of rotatable bonds is 4. The summed E-state index contributed by atoms with van der Waals surface area (Å²) in [4.78, 5) is 20.7. The monoisotopic (exact) mass is 261 g/mol. The van der Waals surface area contributed by atoms with E-state index in [0.717, 1.165) is 7.11 Å². The van der Waals surface area contributed by atoms with E-state index in [1.807, 2.05) is 0 Å². The molecule has 0 aliphatic heterocycles. The second kappa shape index (κ2) is 5.39. The van der Waals surface area contributed by atoms with Crippen LogP contribution in [-0.4, -0.2) is 24.1 Å². The molecule has 0 amide bonds. The number of nitro groups is 1. The molecule has 6 nitrogen and oxygen atoms in total. The smallest absolute Gasteiger partial charge is 0.346 e. The Kier molecular flexibility index (Phi) is 4.13. The maximum atomic E-state index is 13.4. The minimum absolute atomic E-state index is 0.423. The molecule has 0 radical (unpaired) electrons. The number of benzene rings is 1. The molecule has 1 aromatic rings. The first kappa shape index (κ1) is 13.8. The van der Waals surface area contributed by atoms with E-state index in [1.54, 1.807) is 0 Å². The normalized spacial score (nSPS) is 11.8. The average Bonchev–Trinajstić information content (AvgIpc) is 2.30. The summed E-state index contributed by atoms with van der Waals surface area (Å²) in [5.74, 6) is -4.03. The van der Waals surface area contributed by atoms with Crippen molar-refractivity contribution in [2.24, 2.45) is 0 Å². The Hall–Kier alpha value is -2.25. The summed E-state index contributed by atoms with van der Waals surface area (Å²) >= 11 is 0. The fraction of sp³-hybridized carbons (Fsp3) is 0.300. The number of halogens is 2. The average molecular weight is 261 g/mol. The van der Waals surface area contributed by atoms with Gasteiger partial charge in [-0.15, -0.1) is 0 Å². The number of carbonyl (C=O) groups excluding carboxylic acids is 1. The third kappa shape index (κ3) is 2.90. The van der Waals surface area contributed by atoms with Gasteiger partial charge in [0.1, 0.15) is 5.82 Å². The Morgan fingerprint density at radius 1 is 1.44 bits per heavy atom. The molecule has 0 spiro atoms. The van der Waals surface area contributed by atoms with E-state index < -0.39 is 40.1 Å². The number of hydrogen-bond donors (Lipinski definition) is 0. The summed E-state index contributed by atoms with van der Waals surface area (Å²) in [6.45, 7) is 1.22. The van der Waals surface area contributed by atoms with E-state index in [1.165, 1.54) is 6.92 Å². The lowest BCUT2D eigenvalue weighted by Crippen LogP contribution is -2.25. The summed E-state index contributed by atoms with van der Waals surface area (Å²) < 4.78 is 35.3. The van der Waals surface area contributed by atoms with Crippen molar-refractivity contribution in [3.8, 4) is 5.75 Å². The fourth-order valence-electron chi connectivity index (χ4n) is 1.19. The standard InChI is InChI=1S/C10H9F2NO5/c1-5(10(14)17-2)18-9-7(12)3-6(11)4-8(9)13(15)16/h3-5H,1-2H3/t5-/m0/s1. The highest BCUT2D eigenvalue weighted by molar-refractivity contribution is 5.74.